The van der Waals surface area contributed by atoms with Gasteiger partial charge in [0.25, 0.3) is 0 Å². The van der Waals surface area contributed by atoms with E-state index in [1.165, 1.54) is 12.8 Å². The Labute approximate surface area is 87.1 Å². The molecule has 1 radical (unpaired) electrons. The highest BCUT2D eigenvalue weighted by Gasteiger charge is 2.11. The van der Waals surface area contributed by atoms with Gasteiger partial charge < -0.3 is 4.90 Å². The smallest absolute Gasteiger partial charge is 0.128 e. The topological polar surface area (TPSA) is 16.1 Å². The fraction of sp³-hybridized carbons (Fsp3) is 0.400. The Kier molecular flexibility index (Phi) is 2.83. The maximum atomic E-state index is 4.37. The molecular formula is C10H12BrN2. The summed E-state index contributed by atoms with van der Waals surface area (Å²) in [6.45, 7) is 2.21. The Morgan fingerprint density at radius 2 is 2.00 bits per heavy atom. The minimum atomic E-state index is 1.04. The van der Waals surface area contributed by atoms with Crippen LogP contribution < -0.4 is 4.90 Å². The van der Waals surface area contributed by atoms with Crippen LogP contribution in [0.1, 0.15) is 12.8 Å². The van der Waals surface area contributed by atoms with Gasteiger partial charge in [-0.25, -0.2) is 4.98 Å². The van der Waals surface area contributed by atoms with E-state index in [9.17, 15) is 0 Å². The summed E-state index contributed by atoms with van der Waals surface area (Å²) in [5, 5.41) is 0. The third kappa shape index (κ3) is 2.21. The molecule has 13 heavy (non-hydrogen) atoms. The highest BCUT2D eigenvalue weighted by atomic mass is 79.9. The SMILES string of the molecule is Brc1ccc(N2CC[CH]CC2)nc1. The molecule has 1 aliphatic rings. The van der Waals surface area contributed by atoms with E-state index in [-0.39, 0.29) is 0 Å². The molecule has 2 heterocycles. The van der Waals surface area contributed by atoms with Crippen molar-refractivity contribution in [2.45, 2.75) is 12.8 Å². The fourth-order valence-corrected chi connectivity index (χ4v) is 1.77. The minimum Gasteiger partial charge on any atom is -0.357 e. The van der Waals surface area contributed by atoms with E-state index in [1.54, 1.807) is 0 Å². The van der Waals surface area contributed by atoms with Crippen LogP contribution in [0, 0.1) is 6.42 Å². The van der Waals surface area contributed by atoms with Gasteiger partial charge in [-0.3, -0.25) is 0 Å². The van der Waals surface area contributed by atoms with Crippen molar-refractivity contribution in [1.82, 2.24) is 4.98 Å². The van der Waals surface area contributed by atoms with Crippen LogP contribution in [0.3, 0.4) is 0 Å². The summed E-state index contributed by atoms with van der Waals surface area (Å²) < 4.78 is 1.04. The summed E-state index contributed by atoms with van der Waals surface area (Å²) in [6.07, 6.45) is 6.55. The molecule has 1 aromatic heterocycles. The minimum absolute atomic E-state index is 1.04. The number of rotatable bonds is 1. The fourth-order valence-electron chi connectivity index (χ4n) is 1.53. The van der Waals surface area contributed by atoms with Crippen molar-refractivity contribution in [2.75, 3.05) is 18.0 Å². The van der Waals surface area contributed by atoms with Crippen molar-refractivity contribution in [2.24, 2.45) is 0 Å². The predicted molar refractivity (Wildman–Crippen MR) is 57.7 cm³/mol. The number of hydrogen-bond donors (Lipinski definition) is 0. The van der Waals surface area contributed by atoms with Crippen LogP contribution in [0.25, 0.3) is 0 Å². The molecule has 0 saturated carbocycles. The number of hydrogen-bond acceptors (Lipinski definition) is 2. The molecule has 0 aromatic carbocycles. The second-order valence-electron chi connectivity index (χ2n) is 3.19. The molecule has 0 amide bonds. The lowest BCUT2D eigenvalue weighted by Crippen LogP contribution is -2.30. The van der Waals surface area contributed by atoms with Gasteiger partial charge in [0.2, 0.25) is 0 Å². The summed E-state index contributed by atoms with van der Waals surface area (Å²) in [6, 6.07) is 4.11. The van der Waals surface area contributed by atoms with Crippen LogP contribution in [0.15, 0.2) is 22.8 Å². The van der Waals surface area contributed by atoms with E-state index in [4.69, 9.17) is 0 Å². The van der Waals surface area contributed by atoms with Gasteiger partial charge in [0.1, 0.15) is 5.82 Å². The Balaban J connectivity index is 2.10. The summed E-state index contributed by atoms with van der Waals surface area (Å²) in [5.74, 6) is 1.09. The van der Waals surface area contributed by atoms with Crippen LogP contribution in [0.4, 0.5) is 5.82 Å². The van der Waals surface area contributed by atoms with Crippen molar-refractivity contribution in [1.29, 1.82) is 0 Å². The zero-order valence-electron chi connectivity index (χ0n) is 7.41. The van der Waals surface area contributed by atoms with Gasteiger partial charge >= 0.3 is 0 Å². The van der Waals surface area contributed by atoms with Crippen molar-refractivity contribution in [3.8, 4) is 0 Å². The van der Waals surface area contributed by atoms with Gasteiger partial charge in [0.15, 0.2) is 0 Å². The van der Waals surface area contributed by atoms with Crippen LogP contribution in [0.2, 0.25) is 0 Å². The first-order valence-corrected chi connectivity index (χ1v) is 5.34. The summed E-state index contributed by atoms with van der Waals surface area (Å²) >= 11 is 3.38. The van der Waals surface area contributed by atoms with Gasteiger partial charge in [-0.05, 0) is 47.3 Å². The third-order valence-electron chi connectivity index (χ3n) is 2.24. The maximum Gasteiger partial charge on any atom is 0.128 e. The van der Waals surface area contributed by atoms with E-state index in [1.807, 2.05) is 12.3 Å². The van der Waals surface area contributed by atoms with Crippen molar-refractivity contribution in [3.63, 3.8) is 0 Å². The number of piperidine rings is 1. The van der Waals surface area contributed by atoms with Crippen LogP contribution in [-0.4, -0.2) is 18.1 Å². The molecule has 1 aliphatic heterocycles. The second-order valence-corrected chi connectivity index (χ2v) is 4.10. The van der Waals surface area contributed by atoms with E-state index in [2.05, 4.69) is 38.3 Å². The van der Waals surface area contributed by atoms with Gasteiger partial charge in [0, 0.05) is 23.8 Å². The average Bonchev–Trinajstić information content (AvgIpc) is 2.20. The number of pyridine rings is 1. The van der Waals surface area contributed by atoms with E-state index in [0.717, 1.165) is 23.4 Å². The molecule has 3 heteroatoms. The first-order valence-electron chi connectivity index (χ1n) is 4.54. The predicted octanol–water partition coefficient (Wildman–Crippen LogP) is 2.65. The zero-order chi connectivity index (χ0) is 9.10. The Morgan fingerprint density at radius 1 is 1.23 bits per heavy atom. The Bertz CT molecular complexity index is 265. The molecule has 2 rings (SSSR count). The van der Waals surface area contributed by atoms with E-state index < -0.39 is 0 Å². The number of nitrogens with zero attached hydrogens (tertiary/aromatic N) is 2. The lowest BCUT2D eigenvalue weighted by Gasteiger charge is -2.27. The molecule has 1 aromatic rings. The molecule has 69 valence electrons. The summed E-state index contributed by atoms with van der Waals surface area (Å²) in [7, 11) is 0. The first kappa shape index (κ1) is 9.00. The van der Waals surface area contributed by atoms with Crippen molar-refractivity contribution < 1.29 is 0 Å². The molecule has 0 N–H and O–H groups in total. The molecule has 0 unspecified atom stereocenters. The lowest BCUT2D eigenvalue weighted by atomic mass is 10.1. The number of aromatic nitrogens is 1. The number of anilines is 1. The lowest BCUT2D eigenvalue weighted by molar-refractivity contribution is 0.671. The van der Waals surface area contributed by atoms with Gasteiger partial charge in [-0.1, -0.05) is 0 Å². The average molecular weight is 240 g/mol. The van der Waals surface area contributed by atoms with Crippen LogP contribution in [-0.2, 0) is 0 Å². The molecule has 0 atom stereocenters. The second kappa shape index (κ2) is 4.09. The zero-order valence-corrected chi connectivity index (χ0v) is 9.00. The highest BCUT2D eigenvalue weighted by Crippen LogP contribution is 2.18. The maximum absolute atomic E-state index is 4.37. The molecule has 1 saturated heterocycles. The number of halogens is 1. The van der Waals surface area contributed by atoms with Crippen LogP contribution in [0.5, 0.6) is 0 Å². The third-order valence-corrected chi connectivity index (χ3v) is 2.71. The van der Waals surface area contributed by atoms with Crippen molar-refractivity contribution >= 4 is 21.7 Å². The first-order chi connectivity index (χ1) is 6.36. The Hall–Kier alpha value is -0.570. The molecule has 2 nitrogen and oxygen atoms in total. The van der Waals surface area contributed by atoms with Gasteiger partial charge in [0.05, 0.1) is 0 Å². The summed E-state index contributed by atoms with van der Waals surface area (Å²) in [4.78, 5) is 6.69. The van der Waals surface area contributed by atoms with Gasteiger partial charge in [-0.15, -0.1) is 0 Å². The molecular weight excluding hydrogens is 228 g/mol. The van der Waals surface area contributed by atoms with Gasteiger partial charge in [-0.2, -0.15) is 0 Å². The van der Waals surface area contributed by atoms with E-state index >= 15 is 0 Å². The summed E-state index contributed by atoms with van der Waals surface area (Å²) in [5.41, 5.74) is 0. The van der Waals surface area contributed by atoms with Crippen molar-refractivity contribution in [3.05, 3.63) is 29.2 Å². The monoisotopic (exact) mass is 239 g/mol. The quantitative estimate of drug-likeness (QED) is 0.750. The molecule has 0 spiro atoms. The Morgan fingerprint density at radius 3 is 2.62 bits per heavy atom. The largest absolute Gasteiger partial charge is 0.357 e. The molecule has 0 bridgehead atoms. The highest BCUT2D eigenvalue weighted by molar-refractivity contribution is 9.10. The standard InChI is InChI=1S/C10H12BrN2/c11-9-4-5-10(12-8-9)13-6-2-1-3-7-13/h1,4-5,8H,2-3,6-7H2. The van der Waals surface area contributed by atoms with Crippen LogP contribution >= 0.6 is 15.9 Å². The normalized spacial score (nSPS) is 17.5. The molecule has 1 fully saturated rings. The van der Waals surface area contributed by atoms with E-state index in [0.29, 0.717) is 0 Å². The molecule has 0 aliphatic carbocycles.